The zero-order chi connectivity index (χ0) is 12.8. The highest BCUT2D eigenvalue weighted by Crippen LogP contribution is 2.28. The number of nitrogens with two attached hydrogens (primary N) is 1. The third kappa shape index (κ3) is 3.87. The lowest BCUT2D eigenvalue weighted by Crippen LogP contribution is -2.41. The Bertz CT molecular complexity index is 277. The molecule has 1 aliphatic carbocycles. The maximum absolute atomic E-state index is 10.4. The summed E-state index contributed by atoms with van der Waals surface area (Å²) < 4.78 is 0. The van der Waals surface area contributed by atoms with E-state index in [1.165, 1.54) is 32.1 Å². The number of nitrogens with zero attached hydrogens (tertiary/aromatic N) is 2. The minimum absolute atomic E-state index is 0.481. The molecule has 0 radical (unpaired) electrons. The van der Waals surface area contributed by atoms with E-state index in [4.69, 9.17) is 5.73 Å². The lowest BCUT2D eigenvalue weighted by Gasteiger charge is -2.31. The molecular weight excluding hydrogens is 226 g/mol. The van der Waals surface area contributed by atoms with Crippen molar-refractivity contribution in [1.29, 1.82) is 0 Å². The molecule has 18 heavy (non-hydrogen) atoms. The van der Waals surface area contributed by atoms with Gasteiger partial charge in [-0.15, -0.1) is 0 Å². The number of hydrogen-bond donors (Lipinski definition) is 2. The van der Waals surface area contributed by atoms with Gasteiger partial charge >= 0.3 is 0 Å². The average Bonchev–Trinajstić information content (AvgIpc) is 2.66. The van der Waals surface area contributed by atoms with Gasteiger partial charge < -0.3 is 15.7 Å². The predicted octanol–water partition coefficient (Wildman–Crippen LogP) is 1.87. The summed E-state index contributed by atoms with van der Waals surface area (Å²) in [5.74, 6) is 0.635. The Balaban J connectivity index is 1.86. The smallest absolute Gasteiger partial charge is 0.191 e. The van der Waals surface area contributed by atoms with Gasteiger partial charge in [0.25, 0.3) is 0 Å². The second-order valence-electron chi connectivity index (χ2n) is 5.86. The SMILES string of the molecule is NC(=NCC1(O)CCCCC1)N1CCCCCC1. The van der Waals surface area contributed by atoms with Crippen LogP contribution in [0.3, 0.4) is 0 Å². The standard InChI is InChI=1S/C14H27N3O/c15-13(17-10-6-1-2-7-11-17)16-12-14(18)8-4-3-5-9-14/h18H,1-12H2,(H2,15,16). The molecule has 1 saturated heterocycles. The minimum Gasteiger partial charge on any atom is -0.388 e. The maximum atomic E-state index is 10.4. The van der Waals surface area contributed by atoms with Gasteiger partial charge in [-0.1, -0.05) is 32.1 Å². The van der Waals surface area contributed by atoms with Crippen molar-refractivity contribution in [1.82, 2.24) is 4.90 Å². The van der Waals surface area contributed by atoms with Crippen LogP contribution >= 0.6 is 0 Å². The van der Waals surface area contributed by atoms with Gasteiger partial charge in [0.15, 0.2) is 5.96 Å². The molecule has 0 spiro atoms. The Hall–Kier alpha value is -0.770. The highest BCUT2D eigenvalue weighted by atomic mass is 16.3. The predicted molar refractivity (Wildman–Crippen MR) is 74.6 cm³/mol. The topological polar surface area (TPSA) is 61.9 Å². The van der Waals surface area contributed by atoms with Crippen LogP contribution in [0, 0.1) is 0 Å². The zero-order valence-electron chi connectivity index (χ0n) is 11.4. The Kier molecular flexibility index (Phi) is 4.87. The first kappa shape index (κ1) is 13.7. The van der Waals surface area contributed by atoms with E-state index in [0.717, 1.165) is 38.8 Å². The molecule has 2 aliphatic rings. The van der Waals surface area contributed by atoms with Crippen LogP contribution in [0.25, 0.3) is 0 Å². The molecule has 2 fully saturated rings. The lowest BCUT2D eigenvalue weighted by atomic mass is 9.85. The Morgan fingerprint density at radius 3 is 2.17 bits per heavy atom. The van der Waals surface area contributed by atoms with Gasteiger partial charge in [0.2, 0.25) is 0 Å². The summed E-state index contributed by atoms with van der Waals surface area (Å²) in [6, 6.07) is 0. The molecule has 0 amide bonds. The molecule has 0 aromatic carbocycles. The number of rotatable bonds is 2. The number of guanidine groups is 1. The van der Waals surface area contributed by atoms with Gasteiger partial charge in [-0.25, -0.2) is 0 Å². The van der Waals surface area contributed by atoms with Crippen LogP contribution in [0.1, 0.15) is 57.8 Å². The van der Waals surface area contributed by atoms with Gasteiger partial charge in [-0.3, -0.25) is 4.99 Å². The summed E-state index contributed by atoms with van der Waals surface area (Å²) in [7, 11) is 0. The van der Waals surface area contributed by atoms with Crippen LogP contribution in [0.4, 0.5) is 0 Å². The van der Waals surface area contributed by atoms with E-state index in [1.807, 2.05) is 0 Å². The van der Waals surface area contributed by atoms with Crippen LogP contribution in [0.5, 0.6) is 0 Å². The lowest BCUT2D eigenvalue weighted by molar-refractivity contribution is 0.0130. The van der Waals surface area contributed by atoms with Gasteiger partial charge in [0, 0.05) is 13.1 Å². The molecule has 0 aromatic heterocycles. The first-order valence-electron chi connectivity index (χ1n) is 7.47. The molecule has 0 aromatic rings. The van der Waals surface area contributed by atoms with Crippen molar-refractivity contribution in [2.24, 2.45) is 10.7 Å². The van der Waals surface area contributed by atoms with Crippen LogP contribution in [-0.4, -0.2) is 41.2 Å². The summed E-state index contributed by atoms with van der Waals surface area (Å²) in [5.41, 5.74) is 5.47. The van der Waals surface area contributed by atoms with Crippen molar-refractivity contribution < 1.29 is 5.11 Å². The average molecular weight is 253 g/mol. The van der Waals surface area contributed by atoms with Crippen molar-refractivity contribution in [3.8, 4) is 0 Å². The number of aliphatic hydroxyl groups is 1. The van der Waals surface area contributed by atoms with Gasteiger partial charge in [0.1, 0.15) is 0 Å². The summed E-state index contributed by atoms with van der Waals surface area (Å²) in [5, 5.41) is 10.4. The molecule has 0 unspecified atom stereocenters. The van der Waals surface area contributed by atoms with Crippen molar-refractivity contribution in [3.63, 3.8) is 0 Å². The van der Waals surface area contributed by atoms with Gasteiger partial charge in [-0.2, -0.15) is 0 Å². The minimum atomic E-state index is -0.589. The summed E-state index contributed by atoms with van der Waals surface area (Å²) in [4.78, 5) is 6.64. The summed E-state index contributed by atoms with van der Waals surface area (Å²) in [6.45, 7) is 2.52. The Labute approximate surface area is 110 Å². The molecule has 4 nitrogen and oxygen atoms in total. The first-order valence-corrected chi connectivity index (χ1v) is 7.47. The molecule has 2 rings (SSSR count). The largest absolute Gasteiger partial charge is 0.388 e. The van der Waals surface area contributed by atoms with E-state index < -0.39 is 5.60 Å². The van der Waals surface area contributed by atoms with Crippen LogP contribution in [-0.2, 0) is 0 Å². The fourth-order valence-corrected chi connectivity index (χ4v) is 3.00. The van der Waals surface area contributed by atoms with E-state index in [-0.39, 0.29) is 0 Å². The van der Waals surface area contributed by atoms with E-state index in [1.54, 1.807) is 0 Å². The van der Waals surface area contributed by atoms with Crippen molar-refractivity contribution in [2.45, 2.75) is 63.4 Å². The van der Waals surface area contributed by atoms with Gasteiger partial charge in [0.05, 0.1) is 12.1 Å². The van der Waals surface area contributed by atoms with Crippen LogP contribution < -0.4 is 5.73 Å². The van der Waals surface area contributed by atoms with E-state index in [0.29, 0.717) is 12.5 Å². The molecule has 0 atom stereocenters. The molecule has 0 bridgehead atoms. The van der Waals surface area contributed by atoms with Gasteiger partial charge in [-0.05, 0) is 25.7 Å². The highest BCUT2D eigenvalue weighted by Gasteiger charge is 2.29. The van der Waals surface area contributed by atoms with E-state index in [9.17, 15) is 5.11 Å². The van der Waals surface area contributed by atoms with Crippen LogP contribution in [0.2, 0.25) is 0 Å². The summed E-state index contributed by atoms with van der Waals surface area (Å²) >= 11 is 0. The second kappa shape index (κ2) is 6.41. The quantitative estimate of drug-likeness (QED) is 0.583. The Morgan fingerprint density at radius 1 is 1.00 bits per heavy atom. The normalized spacial score (nSPS) is 25.8. The molecule has 1 saturated carbocycles. The fraction of sp³-hybridized carbons (Fsp3) is 0.929. The third-order valence-corrected chi connectivity index (χ3v) is 4.25. The molecule has 1 aliphatic heterocycles. The van der Waals surface area contributed by atoms with Crippen molar-refractivity contribution in [3.05, 3.63) is 0 Å². The van der Waals surface area contributed by atoms with Crippen molar-refractivity contribution >= 4 is 5.96 Å². The number of likely N-dealkylation sites (tertiary alicyclic amines) is 1. The monoisotopic (exact) mass is 253 g/mol. The first-order chi connectivity index (χ1) is 8.70. The van der Waals surface area contributed by atoms with Crippen LogP contribution in [0.15, 0.2) is 4.99 Å². The number of hydrogen-bond acceptors (Lipinski definition) is 2. The molecule has 104 valence electrons. The molecule has 4 heteroatoms. The molecular formula is C14H27N3O. The summed E-state index contributed by atoms with van der Waals surface area (Å²) in [6.07, 6.45) is 10.3. The Morgan fingerprint density at radius 2 is 1.56 bits per heavy atom. The maximum Gasteiger partial charge on any atom is 0.191 e. The second-order valence-corrected chi connectivity index (χ2v) is 5.86. The molecule has 1 heterocycles. The zero-order valence-corrected chi connectivity index (χ0v) is 11.4. The third-order valence-electron chi connectivity index (χ3n) is 4.25. The van der Waals surface area contributed by atoms with E-state index >= 15 is 0 Å². The molecule has 3 N–H and O–H groups in total. The number of aliphatic imine (C=N–C) groups is 1. The van der Waals surface area contributed by atoms with Crippen molar-refractivity contribution in [2.75, 3.05) is 19.6 Å². The highest BCUT2D eigenvalue weighted by molar-refractivity contribution is 5.78. The fourth-order valence-electron chi connectivity index (χ4n) is 3.00. The van der Waals surface area contributed by atoms with E-state index in [2.05, 4.69) is 9.89 Å².